The van der Waals surface area contributed by atoms with E-state index in [-0.39, 0.29) is 11.9 Å². The summed E-state index contributed by atoms with van der Waals surface area (Å²) < 4.78 is 14.1. The topological polar surface area (TPSA) is 23.5 Å². The van der Waals surface area contributed by atoms with Crippen LogP contribution in [0.1, 0.15) is 60.0 Å². The first-order valence-electron chi connectivity index (χ1n) is 10.3. The summed E-state index contributed by atoms with van der Waals surface area (Å²) in [5.74, 6) is 0.807. The molecule has 2 nitrogen and oxygen atoms in total. The van der Waals surface area contributed by atoms with E-state index in [1.807, 2.05) is 12.1 Å². The van der Waals surface area contributed by atoms with Gasteiger partial charge in [-0.15, -0.1) is 0 Å². The molecule has 2 aromatic carbocycles. The van der Waals surface area contributed by atoms with Crippen molar-refractivity contribution in [1.82, 2.24) is 4.90 Å². The van der Waals surface area contributed by atoms with Gasteiger partial charge in [-0.1, -0.05) is 36.4 Å². The molecule has 27 heavy (non-hydrogen) atoms. The minimum Gasteiger partial charge on any atom is -0.388 e. The minimum absolute atomic E-state index is 0.0593. The number of rotatable bonds is 3. The van der Waals surface area contributed by atoms with Gasteiger partial charge in [0.1, 0.15) is 5.82 Å². The van der Waals surface area contributed by atoms with Gasteiger partial charge in [0.2, 0.25) is 0 Å². The zero-order valence-electron chi connectivity index (χ0n) is 16.2. The molecule has 3 heteroatoms. The van der Waals surface area contributed by atoms with E-state index in [1.165, 1.54) is 11.1 Å². The third-order valence-electron chi connectivity index (χ3n) is 6.61. The number of aliphatic hydroxyl groups is 1. The highest BCUT2D eigenvalue weighted by Gasteiger charge is 2.28. The summed E-state index contributed by atoms with van der Waals surface area (Å²) in [6.45, 7) is 5.25. The second-order valence-corrected chi connectivity index (χ2v) is 8.40. The number of aryl methyl sites for hydroxylation is 1. The van der Waals surface area contributed by atoms with Gasteiger partial charge in [0.25, 0.3) is 0 Å². The van der Waals surface area contributed by atoms with Crippen LogP contribution >= 0.6 is 0 Å². The van der Waals surface area contributed by atoms with Crippen molar-refractivity contribution in [1.29, 1.82) is 0 Å². The van der Waals surface area contributed by atoms with E-state index in [9.17, 15) is 9.50 Å². The zero-order chi connectivity index (χ0) is 18.8. The van der Waals surface area contributed by atoms with Crippen LogP contribution in [-0.2, 0) is 6.42 Å². The van der Waals surface area contributed by atoms with Gasteiger partial charge in [-0.3, -0.25) is 0 Å². The Kier molecular flexibility index (Phi) is 5.60. The van der Waals surface area contributed by atoms with Gasteiger partial charge >= 0.3 is 0 Å². The summed E-state index contributed by atoms with van der Waals surface area (Å²) in [5, 5.41) is 10.7. The first-order valence-corrected chi connectivity index (χ1v) is 10.3. The molecule has 1 aliphatic heterocycles. The number of nitrogens with zero attached hydrogens (tertiary/aromatic N) is 1. The lowest BCUT2D eigenvalue weighted by atomic mass is 9.88. The molecule has 1 N–H and O–H groups in total. The molecule has 4 rings (SSSR count). The minimum atomic E-state index is -0.344. The number of halogens is 1. The summed E-state index contributed by atoms with van der Waals surface area (Å²) in [7, 11) is 0. The molecule has 0 spiro atoms. The highest BCUT2D eigenvalue weighted by molar-refractivity contribution is 5.37. The van der Waals surface area contributed by atoms with Crippen LogP contribution in [0.25, 0.3) is 0 Å². The van der Waals surface area contributed by atoms with Gasteiger partial charge in [0, 0.05) is 6.54 Å². The van der Waals surface area contributed by atoms with Crippen LogP contribution in [0.4, 0.5) is 4.39 Å². The largest absolute Gasteiger partial charge is 0.388 e. The molecule has 1 saturated heterocycles. The molecule has 2 aliphatic rings. The third kappa shape index (κ3) is 4.09. The van der Waals surface area contributed by atoms with Gasteiger partial charge in [0.15, 0.2) is 0 Å². The van der Waals surface area contributed by atoms with Gasteiger partial charge in [0.05, 0.1) is 6.10 Å². The fourth-order valence-electron chi connectivity index (χ4n) is 5.05. The van der Waals surface area contributed by atoms with Crippen molar-refractivity contribution in [2.45, 2.75) is 51.0 Å². The van der Waals surface area contributed by atoms with E-state index >= 15 is 0 Å². The fourth-order valence-corrected chi connectivity index (χ4v) is 5.05. The number of hydrogen-bond donors (Lipinski definition) is 1. The molecule has 1 heterocycles. The lowest BCUT2D eigenvalue weighted by molar-refractivity contribution is 0.117. The van der Waals surface area contributed by atoms with Crippen molar-refractivity contribution in [3.05, 3.63) is 70.5 Å². The average Bonchev–Trinajstić information content (AvgIpc) is 2.83. The fraction of sp³-hybridized carbons (Fsp3) is 0.500. The Morgan fingerprint density at radius 1 is 1.00 bits per heavy atom. The third-order valence-corrected chi connectivity index (χ3v) is 6.61. The number of fused-ring (bicyclic) bond motifs is 1. The van der Waals surface area contributed by atoms with E-state index in [0.29, 0.717) is 11.8 Å². The molecule has 144 valence electrons. The second-order valence-electron chi connectivity index (χ2n) is 8.40. The first kappa shape index (κ1) is 18.6. The molecule has 2 atom stereocenters. The monoisotopic (exact) mass is 367 g/mol. The smallest absolute Gasteiger partial charge is 0.126 e. The Hall–Kier alpha value is -1.71. The van der Waals surface area contributed by atoms with Crippen LogP contribution in [0.3, 0.4) is 0 Å². The summed E-state index contributed by atoms with van der Waals surface area (Å²) in [5.41, 5.74) is 4.67. The summed E-state index contributed by atoms with van der Waals surface area (Å²) in [6.07, 6.45) is 4.76. The lowest BCUT2D eigenvalue weighted by Gasteiger charge is -2.34. The molecule has 0 unspecified atom stereocenters. The SMILES string of the molecule is Cc1cccc2c1CC[C@@H](CN1CCC(c3ccccc3F)CC1)C[C@H]2O. The molecular weight excluding hydrogens is 337 g/mol. The molecule has 0 bridgehead atoms. The highest BCUT2D eigenvalue weighted by atomic mass is 19.1. The summed E-state index contributed by atoms with van der Waals surface area (Å²) >= 11 is 0. The number of piperidine rings is 1. The number of aliphatic hydroxyl groups excluding tert-OH is 1. The van der Waals surface area contributed by atoms with E-state index in [4.69, 9.17) is 0 Å². The van der Waals surface area contributed by atoms with Crippen LogP contribution in [0.15, 0.2) is 42.5 Å². The molecular formula is C24H30FNO. The second kappa shape index (κ2) is 8.12. The van der Waals surface area contributed by atoms with Gasteiger partial charge in [-0.2, -0.15) is 0 Å². The maximum atomic E-state index is 14.1. The number of benzene rings is 2. The van der Waals surface area contributed by atoms with E-state index in [1.54, 1.807) is 12.1 Å². The average molecular weight is 368 g/mol. The molecule has 2 aromatic rings. The van der Waals surface area contributed by atoms with Crippen molar-refractivity contribution >= 4 is 0 Å². The van der Waals surface area contributed by atoms with Crippen molar-refractivity contribution in [3.63, 3.8) is 0 Å². The van der Waals surface area contributed by atoms with Crippen molar-refractivity contribution in [3.8, 4) is 0 Å². The Balaban J connectivity index is 1.35. The van der Waals surface area contributed by atoms with Gasteiger partial charge < -0.3 is 10.0 Å². The molecule has 1 aliphatic carbocycles. The Morgan fingerprint density at radius 3 is 2.52 bits per heavy atom. The number of hydrogen-bond acceptors (Lipinski definition) is 2. The van der Waals surface area contributed by atoms with Crippen molar-refractivity contribution in [2.24, 2.45) is 5.92 Å². The number of likely N-dealkylation sites (tertiary alicyclic amines) is 1. The molecule has 0 aromatic heterocycles. The Labute approximate surface area is 162 Å². The quantitative estimate of drug-likeness (QED) is 0.772. The van der Waals surface area contributed by atoms with Crippen molar-refractivity contribution in [2.75, 3.05) is 19.6 Å². The Bertz CT molecular complexity index is 782. The van der Waals surface area contributed by atoms with Crippen LogP contribution in [0, 0.1) is 18.7 Å². The van der Waals surface area contributed by atoms with Crippen LogP contribution in [0.5, 0.6) is 0 Å². The van der Waals surface area contributed by atoms with E-state index in [0.717, 1.165) is 62.9 Å². The van der Waals surface area contributed by atoms with Crippen LogP contribution in [0.2, 0.25) is 0 Å². The van der Waals surface area contributed by atoms with Crippen molar-refractivity contribution < 1.29 is 9.50 Å². The maximum Gasteiger partial charge on any atom is 0.126 e. The van der Waals surface area contributed by atoms with Crippen LogP contribution in [-0.4, -0.2) is 29.6 Å². The molecule has 1 fully saturated rings. The van der Waals surface area contributed by atoms with E-state index < -0.39 is 0 Å². The summed E-state index contributed by atoms with van der Waals surface area (Å²) in [6, 6.07) is 13.5. The molecule has 0 radical (unpaired) electrons. The first-order chi connectivity index (χ1) is 13.1. The highest BCUT2D eigenvalue weighted by Crippen LogP contribution is 2.35. The predicted molar refractivity (Wildman–Crippen MR) is 107 cm³/mol. The normalized spacial score (nSPS) is 24.4. The predicted octanol–water partition coefficient (Wildman–Crippen LogP) is 5.00. The Morgan fingerprint density at radius 2 is 1.74 bits per heavy atom. The molecule has 0 amide bonds. The van der Waals surface area contributed by atoms with Gasteiger partial charge in [-0.05, 0) is 92.3 Å². The maximum absolute atomic E-state index is 14.1. The zero-order valence-corrected chi connectivity index (χ0v) is 16.2. The summed E-state index contributed by atoms with van der Waals surface area (Å²) in [4.78, 5) is 2.53. The van der Waals surface area contributed by atoms with Crippen LogP contribution < -0.4 is 0 Å². The standard InChI is InChI=1S/C24H30FNO/c1-17-5-4-7-22-20(17)10-9-18(15-24(22)27)16-26-13-11-19(12-14-26)21-6-2-3-8-23(21)25/h2-8,18-19,24,27H,9-16H2,1H3/t18-,24-/m1/s1. The lowest BCUT2D eigenvalue weighted by Crippen LogP contribution is -2.37. The van der Waals surface area contributed by atoms with Gasteiger partial charge in [-0.25, -0.2) is 4.39 Å². The van der Waals surface area contributed by atoms with E-state index in [2.05, 4.69) is 30.0 Å². The molecule has 0 saturated carbocycles.